The molecule has 3 saturated carbocycles. The average Bonchev–Trinajstić information content (AvgIpc) is 2.89. The monoisotopic (exact) mass is 488 g/mol. The van der Waals surface area contributed by atoms with E-state index in [0.29, 0.717) is 41.2 Å². The van der Waals surface area contributed by atoms with E-state index < -0.39 is 5.97 Å². The molecule has 6 rings (SSSR count). The van der Waals surface area contributed by atoms with E-state index in [1.807, 2.05) is 18.2 Å². The van der Waals surface area contributed by atoms with Crippen molar-refractivity contribution in [2.75, 3.05) is 18.0 Å². The summed E-state index contributed by atoms with van der Waals surface area (Å²) in [6.45, 7) is 9.02. The van der Waals surface area contributed by atoms with Gasteiger partial charge in [-0.15, -0.1) is 0 Å². The van der Waals surface area contributed by atoms with Gasteiger partial charge in [0.25, 0.3) is 0 Å². The number of amides is 1. The van der Waals surface area contributed by atoms with Gasteiger partial charge in [0.05, 0.1) is 5.56 Å². The number of piperidine rings is 1. The Balaban J connectivity index is 1.30. The molecule has 1 N–H and O–H groups in total. The minimum absolute atomic E-state index is 0.274. The van der Waals surface area contributed by atoms with Crippen molar-refractivity contribution in [1.29, 1.82) is 0 Å². The summed E-state index contributed by atoms with van der Waals surface area (Å²) in [5.41, 5.74) is 3.01. The standard InChI is InChI=1S/C31H40N2O3/c1-21-27-19-24(31(27,2)3)20-28(21)33(29(34)14-9-22-7-5-4-6-8-22)26-15-17-32(18-16-26)25-12-10-23(11-13-25)30(35)36/h4-8,10-13,21,24,26-28H,9,14-20H2,1-3H3,(H,35,36)/t21-,24+,27+,28+/m1/s1. The maximum Gasteiger partial charge on any atom is 0.335 e. The summed E-state index contributed by atoms with van der Waals surface area (Å²) >= 11 is 0. The Hall–Kier alpha value is -2.82. The zero-order valence-electron chi connectivity index (χ0n) is 21.9. The molecule has 1 amide bonds. The predicted octanol–water partition coefficient (Wildman–Crippen LogP) is 5.89. The maximum atomic E-state index is 13.9. The van der Waals surface area contributed by atoms with Crippen LogP contribution in [0.3, 0.4) is 0 Å². The fourth-order valence-corrected chi connectivity index (χ4v) is 7.39. The molecule has 192 valence electrons. The average molecular weight is 489 g/mol. The number of aromatic carboxylic acids is 1. The highest BCUT2D eigenvalue weighted by molar-refractivity contribution is 5.88. The number of anilines is 1. The molecule has 4 atom stereocenters. The third-order valence-electron chi connectivity index (χ3n) is 9.77. The minimum Gasteiger partial charge on any atom is -0.478 e. The van der Waals surface area contributed by atoms with Gasteiger partial charge in [0, 0.05) is 37.3 Å². The molecule has 0 radical (unpaired) electrons. The smallest absolute Gasteiger partial charge is 0.335 e. The van der Waals surface area contributed by atoms with Crippen LogP contribution in [0.4, 0.5) is 5.69 Å². The molecule has 0 spiro atoms. The lowest BCUT2D eigenvalue weighted by Crippen LogP contribution is -2.64. The molecule has 5 nitrogen and oxygen atoms in total. The molecular weight excluding hydrogens is 448 g/mol. The molecule has 2 bridgehead atoms. The Labute approximate surface area is 215 Å². The van der Waals surface area contributed by atoms with Crippen LogP contribution in [-0.4, -0.2) is 47.1 Å². The Morgan fingerprint density at radius 2 is 1.67 bits per heavy atom. The molecule has 0 unspecified atom stereocenters. The van der Waals surface area contributed by atoms with E-state index in [-0.39, 0.29) is 6.04 Å². The van der Waals surface area contributed by atoms with Crippen molar-refractivity contribution in [3.8, 4) is 0 Å². The maximum absolute atomic E-state index is 13.9. The molecule has 1 heterocycles. The van der Waals surface area contributed by atoms with Crippen LogP contribution in [-0.2, 0) is 11.2 Å². The first kappa shape index (κ1) is 24.9. The SMILES string of the molecule is C[C@H]1[C@@H](N(C(=O)CCc2ccccc2)C2CCN(c3ccc(C(=O)O)cc3)CC2)C[C@@H]2C[C@@H]1C2(C)C. The highest BCUT2D eigenvalue weighted by atomic mass is 16.4. The van der Waals surface area contributed by atoms with Crippen LogP contribution in [0.5, 0.6) is 0 Å². The van der Waals surface area contributed by atoms with Crippen molar-refractivity contribution < 1.29 is 14.7 Å². The van der Waals surface area contributed by atoms with Crippen LogP contribution in [0, 0.1) is 23.2 Å². The highest BCUT2D eigenvalue weighted by Gasteiger charge is 2.58. The van der Waals surface area contributed by atoms with E-state index in [1.54, 1.807) is 12.1 Å². The molecule has 1 aliphatic heterocycles. The van der Waals surface area contributed by atoms with Gasteiger partial charge >= 0.3 is 5.97 Å². The topological polar surface area (TPSA) is 60.9 Å². The van der Waals surface area contributed by atoms with Gasteiger partial charge < -0.3 is 14.9 Å². The van der Waals surface area contributed by atoms with Crippen LogP contribution in [0.2, 0.25) is 0 Å². The van der Waals surface area contributed by atoms with Crippen LogP contribution in [0.15, 0.2) is 54.6 Å². The number of benzene rings is 2. The number of carboxylic acid groups (broad SMARTS) is 1. The summed E-state index contributed by atoms with van der Waals surface area (Å²) < 4.78 is 0. The van der Waals surface area contributed by atoms with Crippen LogP contribution in [0.25, 0.3) is 0 Å². The fraction of sp³-hybridized carbons (Fsp3) is 0.548. The van der Waals surface area contributed by atoms with E-state index >= 15 is 0 Å². The molecular formula is C31H40N2O3. The van der Waals surface area contributed by atoms with Gasteiger partial charge in [0.2, 0.25) is 5.91 Å². The zero-order chi connectivity index (χ0) is 25.4. The van der Waals surface area contributed by atoms with Crippen molar-refractivity contribution in [2.45, 2.75) is 71.4 Å². The number of carbonyl (C=O) groups excluding carboxylic acids is 1. The van der Waals surface area contributed by atoms with Gasteiger partial charge in [-0.05, 0) is 85.1 Å². The van der Waals surface area contributed by atoms with E-state index in [2.05, 4.69) is 54.8 Å². The van der Waals surface area contributed by atoms with Gasteiger partial charge in [0.15, 0.2) is 0 Å². The second kappa shape index (κ2) is 9.91. The van der Waals surface area contributed by atoms with Crippen LogP contribution in [0.1, 0.15) is 68.8 Å². The number of hydrogen-bond donors (Lipinski definition) is 1. The quantitative estimate of drug-likeness (QED) is 0.528. The molecule has 5 heteroatoms. The second-order valence-electron chi connectivity index (χ2n) is 11.9. The largest absolute Gasteiger partial charge is 0.478 e. The first-order valence-electron chi connectivity index (χ1n) is 13.7. The van der Waals surface area contributed by atoms with Gasteiger partial charge in [-0.3, -0.25) is 4.79 Å². The van der Waals surface area contributed by atoms with Crippen molar-refractivity contribution in [2.24, 2.45) is 23.2 Å². The highest BCUT2D eigenvalue weighted by Crippen LogP contribution is 2.62. The Morgan fingerprint density at radius 1 is 1.00 bits per heavy atom. The van der Waals surface area contributed by atoms with Crippen molar-refractivity contribution in [3.63, 3.8) is 0 Å². The Kier molecular flexibility index (Phi) is 6.84. The second-order valence-corrected chi connectivity index (χ2v) is 11.9. The molecule has 2 aromatic rings. The number of hydrogen-bond acceptors (Lipinski definition) is 3. The van der Waals surface area contributed by atoms with E-state index in [1.165, 1.54) is 12.0 Å². The molecule has 4 fully saturated rings. The van der Waals surface area contributed by atoms with Crippen LogP contribution < -0.4 is 4.90 Å². The lowest BCUT2D eigenvalue weighted by molar-refractivity contribution is -0.164. The molecule has 1 saturated heterocycles. The summed E-state index contributed by atoms with van der Waals surface area (Å²) in [5.74, 6) is 1.39. The first-order valence-corrected chi connectivity index (χ1v) is 13.7. The summed E-state index contributed by atoms with van der Waals surface area (Å²) in [4.78, 5) is 29.7. The minimum atomic E-state index is -0.896. The Morgan fingerprint density at radius 3 is 2.25 bits per heavy atom. The fourth-order valence-electron chi connectivity index (χ4n) is 7.39. The Bertz CT molecular complexity index is 1070. The third-order valence-corrected chi connectivity index (χ3v) is 9.77. The lowest BCUT2D eigenvalue weighted by Gasteiger charge is -2.64. The van der Waals surface area contributed by atoms with E-state index in [4.69, 9.17) is 0 Å². The number of carbonyl (C=O) groups is 2. The summed E-state index contributed by atoms with van der Waals surface area (Å²) in [5, 5.41) is 9.20. The normalized spacial score (nSPS) is 27.2. The number of aryl methyl sites for hydroxylation is 1. The molecule has 3 aliphatic carbocycles. The first-order chi connectivity index (χ1) is 17.3. The number of rotatable bonds is 7. The summed E-state index contributed by atoms with van der Waals surface area (Å²) in [6, 6.07) is 18.2. The van der Waals surface area contributed by atoms with E-state index in [9.17, 15) is 14.7 Å². The van der Waals surface area contributed by atoms with Crippen molar-refractivity contribution >= 4 is 17.6 Å². The van der Waals surface area contributed by atoms with E-state index in [0.717, 1.165) is 50.4 Å². The summed E-state index contributed by atoms with van der Waals surface area (Å²) in [7, 11) is 0. The zero-order valence-corrected chi connectivity index (χ0v) is 21.9. The molecule has 4 aliphatic rings. The van der Waals surface area contributed by atoms with Gasteiger partial charge in [0.1, 0.15) is 0 Å². The molecule has 0 aromatic heterocycles. The molecule has 2 aromatic carbocycles. The van der Waals surface area contributed by atoms with Crippen LogP contribution >= 0.6 is 0 Å². The predicted molar refractivity (Wildman–Crippen MR) is 143 cm³/mol. The lowest BCUT2D eigenvalue weighted by atomic mass is 9.44. The van der Waals surface area contributed by atoms with Gasteiger partial charge in [-0.1, -0.05) is 51.1 Å². The van der Waals surface area contributed by atoms with Gasteiger partial charge in [-0.2, -0.15) is 0 Å². The van der Waals surface area contributed by atoms with Crippen molar-refractivity contribution in [3.05, 3.63) is 65.7 Å². The third kappa shape index (κ3) is 4.65. The number of nitrogens with zero attached hydrogens (tertiary/aromatic N) is 2. The summed E-state index contributed by atoms with van der Waals surface area (Å²) in [6.07, 6.45) is 5.74. The molecule has 36 heavy (non-hydrogen) atoms. The number of fused-ring (bicyclic) bond motifs is 2. The number of carboxylic acids is 1. The van der Waals surface area contributed by atoms with Crippen molar-refractivity contribution in [1.82, 2.24) is 4.90 Å². The van der Waals surface area contributed by atoms with Gasteiger partial charge in [-0.25, -0.2) is 4.79 Å².